The van der Waals surface area contributed by atoms with Gasteiger partial charge in [0.15, 0.2) is 19.8 Å². The first-order valence-corrected chi connectivity index (χ1v) is 48.6. The van der Waals surface area contributed by atoms with E-state index in [1.807, 2.05) is 159 Å². The molecule has 0 N–H and O–H groups in total. The zero-order valence-electron chi connectivity index (χ0n) is 79.1. The highest BCUT2D eigenvalue weighted by molar-refractivity contribution is 6.31. The molecule has 18 rings (SSSR count). The van der Waals surface area contributed by atoms with Crippen molar-refractivity contribution >= 4 is 85.2 Å². The first kappa shape index (κ1) is 99.1. The van der Waals surface area contributed by atoms with Gasteiger partial charge in [0.05, 0.1) is 127 Å². The highest BCUT2D eigenvalue weighted by Crippen LogP contribution is 2.35. The highest BCUT2D eigenvalue weighted by atomic mass is 35.5. The minimum atomic E-state index is -0.136. The summed E-state index contributed by atoms with van der Waals surface area (Å²) in [5.41, 5.74) is 6.83. The van der Waals surface area contributed by atoms with E-state index in [1.165, 1.54) is 0 Å². The third-order valence-electron chi connectivity index (χ3n) is 24.8. The number of ether oxygens (including phenoxy) is 9. The molecule has 6 aliphatic heterocycles. The van der Waals surface area contributed by atoms with Gasteiger partial charge in [-0.25, -0.2) is 15.0 Å². The molecule has 9 aromatic carbocycles. The lowest BCUT2D eigenvalue weighted by Crippen LogP contribution is -2.50. The molecule has 9 heterocycles. The summed E-state index contributed by atoms with van der Waals surface area (Å²) in [4.78, 5) is 116. The Morgan fingerprint density at radius 3 is 1.02 bits per heavy atom. The number of amides is 3. The Kier molecular flexibility index (Phi) is 34.2. The molecule has 0 aliphatic carbocycles. The number of fused-ring (bicyclic) bond motifs is 3. The van der Waals surface area contributed by atoms with Crippen LogP contribution >= 0.6 is 34.8 Å². The van der Waals surface area contributed by atoms with Crippen molar-refractivity contribution in [2.45, 2.75) is 99.1 Å². The molecular weight excluding hydrogens is 1820 g/mol. The second-order valence-electron chi connectivity index (χ2n) is 35.8. The fourth-order valence-electron chi connectivity index (χ4n) is 17.6. The van der Waals surface area contributed by atoms with Crippen LogP contribution in [0, 0.1) is 0 Å². The number of carbonyl (C=O) groups excluding carboxylic acids is 3. The van der Waals surface area contributed by atoms with E-state index < -0.39 is 0 Å². The molecule has 12 aromatic rings. The maximum absolute atomic E-state index is 14.2. The van der Waals surface area contributed by atoms with Gasteiger partial charge in [-0.05, 0) is 192 Å². The topological polar surface area (TPSA) is 268 Å². The largest absolute Gasteiger partial charge is 0.489 e. The van der Waals surface area contributed by atoms with Gasteiger partial charge in [-0.15, -0.1) is 0 Å². The maximum Gasteiger partial charge on any atom is 0.266 e. The molecule has 3 aromatic heterocycles. The van der Waals surface area contributed by atoms with E-state index in [4.69, 9.17) is 92.4 Å². The fraction of sp³-hybridized carbons (Fsp3) is 0.400. The molecule has 0 bridgehead atoms. The predicted octanol–water partition coefficient (Wildman–Crippen LogP) is 13.1. The number of aromatic nitrogens is 6. The number of rotatable bonds is 30. The van der Waals surface area contributed by atoms with Crippen LogP contribution in [0.4, 0.5) is 0 Å². The van der Waals surface area contributed by atoms with Crippen LogP contribution in [-0.2, 0) is 67.9 Å². The molecule has 6 aliphatic rings. The summed E-state index contributed by atoms with van der Waals surface area (Å²) >= 11 is 17.8. The number of morpholine rings is 3. The van der Waals surface area contributed by atoms with Crippen LogP contribution in [0.3, 0.4) is 0 Å². The Hall–Kier alpha value is -11.9. The van der Waals surface area contributed by atoms with E-state index in [0.29, 0.717) is 248 Å². The molecular formula is C105H120Cl3N15O15. The van der Waals surface area contributed by atoms with Crippen LogP contribution in [0.15, 0.2) is 215 Å². The van der Waals surface area contributed by atoms with Crippen molar-refractivity contribution in [1.29, 1.82) is 0 Å². The van der Waals surface area contributed by atoms with Crippen molar-refractivity contribution in [3.8, 4) is 51.6 Å². The van der Waals surface area contributed by atoms with Crippen molar-refractivity contribution in [2.24, 2.45) is 0 Å². The lowest BCUT2D eigenvalue weighted by atomic mass is 10.1. The number of carbonyl (C=O) groups is 3. The lowest BCUT2D eigenvalue weighted by molar-refractivity contribution is -0.135. The fourth-order valence-corrected chi connectivity index (χ4v) is 18.0. The van der Waals surface area contributed by atoms with Crippen LogP contribution in [-0.4, -0.2) is 286 Å². The summed E-state index contributed by atoms with van der Waals surface area (Å²) in [5.74, 6) is 5.48. The summed E-state index contributed by atoms with van der Waals surface area (Å²) in [6.07, 6.45) is -0.253. The van der Waals surface area contributed by atoms with Crippen molar-refractivity contribution in [3.05, 3.63) is 280 Å². The average Bonchev–Trinajstić information content (AvgIpc) is 0.763. The van der Waals surface area contributed by atoms with E-state index in [1.54, 1.807) is 86.5 Å². The minimum Gasteiger partial charge on any atom is -0.489 e. The highest BCUT2D eigenvalue weighted by Gasteiger charge is 2.32. The monoisotopic (exact) mass is 1940 g/mol. The number of benzene rings is 9. The average molecular weight is 1940 g/mol. The minimum absolute atomic E-state index is 0.0342. The quantitative estimate of drug-likeness (QED) is 0.0405. The summed E-state index contributed by atoms with van der Waals surface area (Å²) in [6, 6.07) is 61.5. The molecule has 3 amide bonds. The standard InChI is InChI=1S/3C35H40ClN5O5/c1-25(2)46-34-26(22-39-18-20-44-21-19-39)6-5-9-31(34)41-32(37-30-8-4-3-7-29(30)35(41)43)23-38-14-16-40(17-15-38)33(42)24-45-28-12-10-27(36)11-13-28;1-25(2)46-32-12-7-26(22-39-17-19-44-20-18-39)21-31(32)41-33(37-30-6-4-3-5-29(30)35(41)43)23-38-13-15-40(16-14-38)34(42)24-45-28-10-8-27(36)9-11-28;1-25(2)46-32-21-26(22-39-17-19-44-20-18-39)7-12-31(32)41-33(37-30-6-4-3-5-29(30)35(41)43)23-38-13-15-40(16-14-38)34(42)24-45-28-10-8-27(36)9-11-28/h3-13,25H,14-24H2,1-2H3;2*3-12,21,25H,13-20,22-24H2,1-2H3. The smallest absolute Gasteiger partial charge is 0.266 e. The summed E-state index contributed by atoms with van der Waals surface area (Å²) in [7, 11) is 0. The molecule has 0 unspecified atom stereocenters. The summed E-state index contributed by atoms with van der Waals surface area (Å²) < 4.78 is 57.9. The van der Waals surface area contributed by atoms with Crippen molar-refractivity contribution in [2.75, 3.05) is 177 Å². The molecule has 0 radical (unpaired) electrons. The van der Waals surface area contributed by atoms with Gasteiger partial charge in [-0.2, -0.15) is 0 Å². The van der Waals surface area contributed by atoms with Crippen LogP contribution in [0.5, 0.6) is 34.5 Å². The van der Waals surface area contributed by atoms with E-state index in [9.17, 15) is 28.8 Å². The first-order valence-electron chi connectivity index (χ1n) is 47.5. The van der Waals surface area contributed by atoms with Crippen molar-refractivity contribution in [3.63, 3.8) is 0 Å². The Labute approximate surface area is 818 Å². The van der Waals surface area contributed by atoms with Gasteiger partial charge in [-0.1, -0.05) is 95.5 Å². The molecule has 0 saturated carbocycles. The summed E-state index contributed by atoms with van der Waals surface area (Å²) in [5, 5.41) is 3.50. The van der Waals surface area contributed by atoms with Crippen LogP contribution in [0.1, 0.15) is 75.7 Å². The third kappa shape index (κ3) is 26.2. The number of nitrogens with zero attached hydrogens (tertiary/aromatic N) is 15. The molecule has 726 valence electrons. The van der Waals surface area contributed by atoms with Gasteiger partial charge in [0, 0.05) is 158 Å². The van der Waals surface area contributed by atoms with E-state index in [2.05, 4.69) is 53.7 Å². The summed E-state index contributed by atoms with van der Waals surface area (Å²) in [6.45, 7) is 32.0. The second-order valence-corrected chi connectivity index (χ2v) is 37.1. The third-order valence-corrected chi connectivity index (χ3v) is 25.5. The van der Waals surface area contributed by atoms with Crippen LogP contribution < -0.4 is 45.1 Å². The number of hydrogen-bond acceptors (Lipinski definition) is 24. The number of halogens is 3. The SMILES string of the molecule is CC(C)Oc1c(CN2CCOCC2)cccc1-n1c(CN2CCN(C(=O)COc3ccc(Cl)cc3)CC2)nc2ccccc2c1=O.CC(C)Oc1cc(CN2CCOCC2)ccc1-n1c(CN2CCN(C(=O)COc3ccc(Cl)cc3)CC2)nc2ccccc2c1=O.CC(C)Oc1ccc(CN2CCOCC2)cc1-n1c(CN2CCN(C(=O)COc3ccc(Cl)cc3)CC2)nc2ccccc2c1=O. The Morgan fingerprint density at radius 2 is 0.645 bits per heavy atom. The van der Waals surface area contributed by atoms with Gasteiger partial charge < -0.3 is 57.3 Å². The van der Waals surface area contributed by atoms with Crippen molar-refractivity contribution < 1.29 is 57.0 Å². The number of hydrogen-bond donors (Lipinski definition) is 0. The Bertz CT molecular complexity index is 6170. The molecule has 0 atom stereocenters. The molecule has 0 spiro atoms. The van der Waals surface area contributed by atoms with Gasteiger partial charge in [0.1, 0.15) is 52.0 Å². The van der Waals surface area contributed by atoms with E-state index >= 15 is 0 Å². The maximum atomic E-state index is 14.2. The van der Waals surface area contributed by atoms with Gasteiger partial charge >= 0.3 is 0 Å². The first-order chi connectivity index (χ1) is 67.0. The van der Waals surface area contributed by atoms with E-state index in [0.717, 1.165) is 82.3 Å². The van der Waals surface area contributed by atoms with Crippen molar-refractivity contribution in [1.82, 2.24) is 72.8 Å². The zero-order chi connectivity index (χ0) is 96.1. The molecule has 30 nitrogen and oxygen atoms in total. The Morgan fingerprint density at radius 1 is 0.319 bits per heavy atom. The number of para-hydroxylation sites is 4. The molecule has 33 heteroatoms. The number of piperazine rings is 3. The van der Waals surface area contributed by atoms with Crippen LogP contribution in [0.25, 0.3) is 49.8 Å². The van der Waals surface area contributed by atoms with Gasteiger partial charge in [0.2, 0.25) is 0 Å². The van der Waals surface area contributed by atoms with Gasteiger partial charge in [0.25, 0.3) is 34.4 Å². The zero-order valence-corrected chi connectivity index (χ0v) is 81.4. The second kappa shape index (κ2) is 47.7. The van der Waals surface area contributed by atoms with Gasteiger partial charge in [-0.3, -0.25) is 71.9 Å². The normalized spacial score (nSPS) is 16.2. The molecule has 138 heavy (non-hydrogen) atoms. The molecule has 6 fully saturated rings. The van der Waals surface area contributed by atoms with E-state index in [-0.39, 0.29) is 72.5 Å². The molecule has 6 saturated heterocycles. The Balaban J connectivity index is 0.000000150. The predicted molar refractivity (Wildman–Crippen MR) is 534 cm³/mol. The lowest BCUT2D eigenvalue weighted by Gasteiger charge is -2.35. The van der Waals surface area contributed by atoms with Crippen LogP contribution in [0.2, 0.25) is 15.1 Å².